The molecule has 0 aromatic rings. The zero-order chi connectivity index (χ0) is 11.2. The van der Waals surface area contributed by atoms with E-state index in [-0.39, 0.29) is 0 Å². The van der Waals surface area contributed by atoms with Crippen molar-refractivity contribution in [1.82, 2.24) is 10.6 Å². The van der Waals surface area contributed by atoms with Crippen molar-refractivity contribution in [3.05, 3.63) is 12.7 Å². The number of hydrogen-bond donors (Lipinski definition) is 2. The maximum atomic E-state index is 3.79. The summed E-state index contributed by atoms with van der Waals surface area (Å²) < 4.78 is 0. The molecule has 2 aliphatic rings. The van der Waals surface area contributed by atoms with Gasteiger partial charge in [-0.3, -0.25) is 0 Å². The number of rotatable bonds is 5. The summed E-state index contributed by atoms with van der Waals surface area (Å²) in [4.78, 5) is 0. The van der Waals surface area contributed by atoms with Gasteiger partial charge in [-0.25, -0.2) is 0 Å². The summed E-state index contributed by atoms with van der Waals surface area (Å²) in [7, 11) is 0. The van der Waals surface area contributed by atoms with Crippen molar-refractivity contribution in [1.29, 1.82) is 0 Å². The van der Waals surface area contributed by atoms with E-state index in [1.807, 2.05) is 6.08 Å². The minimum absolute atomic E-state index is 0.754. The molecule has 1 aliphatic carbocycles. The van der Waals surface area contributed by atoms with E-state index in [4.69, 9.17) is 0 Å². The van der Waals surface area contributed by atoms with Gasteiger partial charge in [0.2, 0.25) is 0 Å². The molecule has 16 heavy (non-hydrogen) atoms. The largest absolute Gasteiger partial charge is 0.314 e. The minimum atomic E-state index is 0.754. The molecule has 2 nitrogen and oxygen atoms in total. The fraction of sp³-hybridized carbons (Fsp3) is 0.857. The van der Waals surface area contributed by atoms with Gasteiger partial charge in [0.1, 0.15) is 0 Å². The van der Waals surface area contributed by atoms with Crippen LogP contribution in [0.25, 0.3) is 0 Å². The van der Waals surface area contributed by atoms with Gasteiger partial charge in [-0.2, -0.15) is 0 Å². The van der Waals surface area contributed by atoms with Crippen LogP contribution in [-0.2, 0) is 0 Å². The molecule has 92 valence electrons. The Morgan fingerprint density at radius 2 is 2.06 bits per heavy atom. The molecule has 2 heteroatoms. The first-order chi connectivity index (χ1) is 7.92. The highest BCUT2D eigenvalue weighted by atomic mass is 15.0. The van der Waals surface area contributed by atoms with Gasteiger partial charge >= 0.3 is 0 Å². The van der Waals surface area contributed by atoms with Crippen molar-refractivity contribution >= 4 is 0 Å². The van der Waals surface area contributed by atoms with Crippen LogP contribution in [0.5, 0.6) is 0 Å². The molecule has 0 aromatic heterocycles. The first-order valence-electron chi connectivity index (χ1n) is 6.99. The summed E-state index contributed by atoms with van der Waals surface area (Å²) in [6.45, 7) is 6.13. The second kappa shape index (κ2) is 6.41. The topological polar surface area (TPSA) is 24.1 Å². The highest BCUT2D eigenvalue weighted by Crippen LogP contribution is 2.30. The molecular weight excluding hydrogens is 196 g/mol. The molecule has 3 unspecified atom stereocenters. The van der Waals surface area contributed by atoms with Crippen LogP contribution in [0.15, 0.2) is 12.7 Å². The smallest absolute Gasteiger partial charge is 0.0111 e. The quantitative estimate of drug-likeness (QED) is 0.551. The van der Waals surface area contributed by atoms with Gasteiger partial charge in [-0.15, -0.1) is 6.58 Å². The lowest BCUT2D eigenvalue weighted by Gasteiger charge is -2.36. The highest BCUT2D eigenvalue weighted by Gasteiger charge is 2.32. The minimum Gasteiger partial charge on any atom is -0.314 e. The molecule has 1 saturated carbocycles. The summed E-state index contributed by atoms with van der Waals surface area (Å²) in [5.41, 5.74) is 0. The van der Waals surface area contributed by atoms with Gasteiger partial charge in [0.25, 0.3) is 0 Å². The standard InChI is InChI=1S/C14H26N2/c1-2-3-10-15-13-8-5-4-7-12(13)14-9-6-11-16-14/h2,12-16H,1,3-11H2. The first-order valence-corrected chi connectivity index (χ1v) is 6.99. The van der Waals surface area contributed by atoms with Crippen LogP contribution >= 0.6 is 0 Å². The molecule has 1 saturated heterocycles. The predicted octanol–water partition coefficient (Wildman–Crippen LogP) is 2.46. The molecule has 3 atom stereocenters. The lowest BCUT2D eigenvalue weighted by Crippen LogP contribution is -2.47. The third-order valence-corrected chi connectivity index (χ3v) is 4.19. The van der Waals surface area contributed by atoms with E-state index in [0.29, 0.717) is 0 Å². The second-order valence-corrected chi connectivity index (χ2v) is 5.29. The van der Waals surface area contributed by atoms with Crippen molar-refractivity contribution in [3.63, 3.8) is 0 Å². The Hall–Kier alpha value is -0.340. The van der Waals surface area contributed by atoms with Crippen LogP contribution in [0, 0.1) is 5.92 Å². The zero-order valence-corrected chi connectivity index (χ0v) is 10.4. The normalized spacial score (nSPS) is 35.1. The summed E-state index contributed by atoms with van der Waals surface area (Å²) in [6, 6.07) is 1.55. The lowest BCUT2D eigenvalue weighted by molar-refractivity contribution is 0.216. The molecule has 0 bridgehead atoms. The van der Waals surface area contributed by atoms with Crippen LogP contribution in [-0.4, -0.2) is 25.2 Å². The van der Waals surface area contributed by atoms with E-state index in [1.54, 1.807) is 0 Å². The van der Waals surface area contributed by atoms with Gasteiger partial charge in [0, 0.05) is 12.1 Å². The molecule has 1 heterocycles. The monoisotopic (exact) mass is 222 g/mol. The molecular formula is C14H26N2. The van der Waals surface area contributed by atoms with E-state index in [0.717, 1.165) is 31.0 Å². The van der Waals surface area contributed by atoms with Crippen molar-refractivity contribution in [2.24, 2.45) is 5.92 Å². The molecule has 2 fully saturated rings. The van der Waals surface area contributed by atoms with Crippen molar-refractivity contribution < 1.29 is 0 Å². The zero-order valence-electron chi connectivity index (χ0n) is 10.4. The Balaban J connectivity index is 1.83. The van der Waals surface area contributed by atoms with Crippen molar-refractivity contribution in [2.45, 2.75) is 57.0 Å². The highest BCUT2D eigenvalue weighted by molar-refractivity contribution is 4.91. The van der Waals surface area contributed by atoms with Crippen molar-refractivity contribution in [3.8, 4) is 0 Å². The predicted molar refractivity (Wildman–Crippen MR) is 69.6 cm³/mol. The third kappa shape index (κ3) is 3.08. The van der Waals surface area contributed by atoms with Crippen LogP contribution in [0.3, 0.4) is 0 Å². The Morgan fingerprint density at radius 1 is 1.19 bits per heavy atom. The van der Waals surface area contributed by atoms with Crippen LogP contribution in [0.2, 0.25) is 0 Å². The van der Waals surface area contributed by atoms with Gasteiger partial charge in [-0.05, 0) is 51.1 Å². The van der Waals surface area contributed by atoms with E-state index in [9.17, 15) is 0 Å². The summed E-state index contributed by atoms with van der Waals surface area (Å²) in [6.07, 6.45) is 11.5. The average Bonchev–Trinajstić information content (AvgIpc) is 2.83. The lowest BCUT2D eigenvalue weighted by atomic mass is 9.79. The van der Waals surface area contributed by atoms with Crippen LogP contribution < -0.4 is 10.6 Å². The molecule has 1 aliphatic heterocycles. The van der Waals surface area contributed by atoms with E-state index in [2.05, 4.69) is 17.2 Å². The Morgan fingerprint density at radius 3 is 2.81 bits per heavy atom. The maximum absolute atomic E-state index is 3.79. The van der Waals surface area contributed by atoms with Crippen molar-refractivity contribution in [2.75, 3.05) is 13.1 Å². The maximum Gasteiger partial charge on any atom is 0.0111 e. The second-order valence-electron chi connectivity index (χ2n) is 5.29. The molecule has 0 spiro atoms. The molecule has 2 N–H and O–H groups in total. The van der Waals surface area contributed by atoms with Gasteiger partial charge < -0.3 is 10.6 Å². The Kier molecular flexibility index (Phi) is 4.86. The van der Waals surface area contributed by atoms with Gasteiger partial charge in [0.15, 0.2) is 0 Å². The van der Waals surface area contributed by atoms with E-state index in [1.165, 1.54) is 45.1 Å². The molecule has 0 radical (unpaired) electrons. The summed E-state index contributed by atoms with van der Waals surface area (Å²) in [5, 5.41) is 7.42. The first kappa shape index (κ1) is 12.1. The molecule has 2 rings (SSSR count). The number of hydrogen-bond acceptors (Lipinski definition) is 2. The summed E-state index contributed by atoms with van der Waals surface area (Å²) in [5.74, 6) is 0.876. The fourth-order valence-electron chi connectivity index (χ4n) is 3.34. The molecule has 0 amide bonds. The SMILES string of the molecule is C=CCCNC1CCCCC1C1CCCN1. The Labute approximate surface area is 99.9 Å². The Bertz CT molecular complexity index is 209. The van der Waals surface area contributed by atoms with Crippen LogP contribution in [0.4, 0.5) is 0 Å². The van der Waals surface area contributed by atoms with E-state index >= 15 is 0 Å². The fourth-order valence-corrected chi connectivity index (χ4v) is 3.34. The van der Waals surface area contributed by atoms with Gasteiger partial charge in [0.05, 0.1) is 0 Å². The van der Waals surface area contributed by atoms with E-state index < -0.39 is 0 Å². The third-order valence-electron chi connectivity index (χ3n) is 4.19. The van der Waals surface area contributed by atoms with Gasteiger partial charge in [-0.1, -0.05) is 18.9 Å². The summed E-state index contributed by atoms with van der Waals surface area (Å²) >= 11 is 0. The molecule has 0 aromatic carbocycles. The average molecular weight is 222 g/mol. The van der Waals surface area contributed by atoms with Crippen LogP contribution in [0.1, 0.15) is 44.9 Å². The number of nitrogens with one attached hydrogen (secondary N) is 2.